The van der Waals surface area contributed by atoms with Gasteiger partial charge in [-0.3, -0.25) is 4.98 Å². The zero-order valence-corrected chi connectivity index (χ0v) is 12.7. The predicted molar refractivity (Wildman–Crippen MR) is 83.2 cm³/mol. The van der Waals surface area contributed by atoms with Gasteiger partial charge in [-0.2, -0.15) is 0 Å². The third-order valence-electron chi connectivity index (χ3n) is 4.38. The van der Waals surface area contributed by atoms with E-state index in [1.807, 2.05) is 24.4 Å². The highest BCUT2D eigenvalue weighted by Gasteiger charge is 2.36. The Morgan fingerprint density at radius 1 is 1.25 bits per heavy atom. The van der Waals surface area contributed by atoms with Gasteiger partial charge in [-0.1, -0.05) is 38.3 Å². The van der Waals surface area contributed by atoms with Gasteiger partial charge < -0.3 is 5.11 Å². The topological polar surface area (TPSA) is 33.1 Å². The molecule has 2 nitrogen and oxygen atoms in total. The summed E-state index contributed by atoms with van der Waals surface area (Å²) < 4.78 is 0. The van der Waals surface area contributed by atoms with Crippen molar-refractivity contribution < 1.29 is 5.11 Å². The van der Waals surface area contributed by atoms with E-state index in [0.717, 1.165) is 47.2 Å². The molecule has 0 unspecified atom stereocenters. The Hall–Kier alpha value is -1.12. The Balaban J connectivity index is 2.29. The van der Waals surface area contributed by atoms with Crippen molar-refractivity contribution in [2.24, 2.45) is 0 Å². The van der Waals surface area contributed by atoms with Crippen LogP contribution in [0.5, 0.6) is 0 Å². The molecule has 1 aliphatic carbocycles. The van der Waals surface area contributed by atoms with Crippen LogP contribution in [-0.2, 0) is 5.60 Å². The molecular weight excluding hydrogens is 270 g/mol. The van der Waals surface area contributed by atoms with Crippen LogP contribution in [0.3, 0.4) is 0 Å². The first-order chi connectivity index (χ1) is 9.51. The van der Waals surface area contributed by atoms with Gasteiger partial charge in [-0.15, -0.1) is 0 Å². The molecule has 0 aliphatic heterocycles. The second-order valence-corrected chi connectivity index (χ2v) is 6.58. The third kappa shape index (κ3) is 2.21. The number of nitrogens with zero attached hydrogens (tertiary/aromatic N) is 1. The van der Waals surface area contributed by atoms with Crippen molar-refractivity contribution in [3.63, 3.8) is 0 Å². The average molecular weight is 290 g/mol. The SMILES string of the molecule is CC(C)c1c(C2(O)CCCC2)cnc2ccc(Cl)cc12. The highest BCUT2D eigenvalue weighted by atomic mass is 35.5. The van der Waals surface area contributed by atoms with E-state index in [0.29, 0.717) is 5.92 Å². The number of hydrogen-bond acceptors (Lipinski definition) is 2. The van der Waals surface area contributed by atoms with Crippen molar-refractivity contribution in [1.82, 2.24) is 4.98 Å². The minimum atomic E-state index is -0.705. The summed E-state index contributed by atoms with van der Waals surface area (Å²) in [7, 11) is 0. The fourth-order valence-electron chi connectivity index (χ4n) is 3.41. The number of hydrogen-bond donors (Lipinski definition) is 1. The van der Waals surface area contributed by atoms with Crippen LogP contribution in [0.1, 0.15) is 56.6 Å². The third-order valence-corrected chi connectivity index (χ3v) is 4.62. The molecule has 1 N–H and O–H groups in total. The highest BCUT2D eigenvalue weighted by molar-refractivity contribution is 6.31. The van der Waals surface area contributed by atoms with Crippen LogP contribution in [0.2, 0.25) is 5.02 Å². The van der Waals surface area contributed by atoms with Crippen molar-refractivity contribution in [1.29, 1.82) is 0 Å². The van der Waals surface area contributed by atoms with Crippen LogP contribution in [0.25, 0.3) is 10.9 Å². The van der Waals surface area contributed by atoms with Gasteiger partial charge in [0.25, 0.3) is 0 Å². The number of rotatable bonds is 2. The molecule has 106 valence electrons. The van der Waals surface area contributed by atoms with E-state index in [2.05, 4.69) is 18.8 Å². The summed E-state index contributed by atoms with van der Waals surface area (Å²) >= 11 is 6.15. The lowest BCUT2D eigenvalue weighted by atomic mass is 9.84. The zero-order chi connectivity index (χ0) is 14.3. The summed E-state index contributed by atoms with van der Waals surface area (Å²) in [6.45, 7) is 4.33. The van der Waals surface area contributed by atoms with E-state index in [1.165, 1.54) is 5.56 Å². The second kappa shape index (κ2) is 5.01. The number of halogens is 1. The minimum Gasteiger partial charge on any atom is -0.385 e. The molecule has 0 spiro atoms. The van der Waals surface area contributed by atoms with Gasteiger partial charge >= 0.3 is 0 Å². The maximum Gasteiger partial charge on any atom is 0.0914 e. The standard InChI is InChI=1S/C17H20ClNO/c1-11(2)16-13-9-12(18)5-6-15(13)19-10-14(16)17(20)7-3-4-8-17/h5-6,9-11,20H,3-4,7-8H2,1-2H3. The molecule has 1 aliphatic rings. The van der Waals surface area contributed by atoms with Crippen molar-refractivity contribution in [2.75, 3.05) is 0 Å². The van der Waals surface area contributed by atoms with E-state index >= 15 is 0 Å². The average Bonchev–Trinajstić information content (AvgIpc) is 2.85. The smallest absolute Gasteiger partial charge is 0.0914 e. The molecule has 20 heavy (non-hydrogen) atoms. The molecule has 3 rings (SSSR count). The maximum atomic E-state index is 10.9. The largest absolute Gasteiger partial charge is 0.385 e. The summed E-state index contributed by atoms with van der Waals surface area (Å²) in [6, 6.07) is 5.79. The Kier molecular flexibility index (Phi) is 3.47. The van der Waals surface area contributed by atoms with Gasteiger partial charge in [0.2, 0.25) is 0 Å². The van der Waals surface area contributed by atoms with Gasteiger partial charge in [0.05, 0.1) is 11.1 Å². The summed E-state index contributed by atoms with van der Waals surface area (Å²) in [5, 5.41) is 12.7. The Morgan fingerprint density at radius 2 is 1.95 bits per heavy atom. The molecule has 0 bridgehead atoms. The van der Waals surface area contributed by atoms with E-state index < -0.39 is 5.60 Å². The first-order valence-corrected chi connectivity index (χ1v) is 7.70. The molecule has 0 radical (unpaired) electrons. The normalized spacial score (nSPS) is 18.1. The van der Waals surface area contributed by atoms with E-state index in [9.17, 15) is 5.11 Å². The lowest BCUT2D eigenvalue weighted by Gasteiger charge is -2.27. The minimum absolute atomic E-state index is 0.332. The van der Waals surface area contributed by atoms with Gasteiger partial charge in [0.15, 0.2) is 0 Å². The van der Waals surface area contributed by atoms with Crippen LogP contribution in [0.15, 0.2) is 24.4 Å². The molecule has 2 aromatic rings. The fraction of sp³-hybridized carbons (Fsp3) is 0.471. The van der Waals surface area contributed by atoms with Crippen LogP contribution in [0.4, 0.5) is 0 Å². The molecule has 1 fully saturated rings. The number of benzene rings is 1. The van der Waals surface area contributed by atoms with Crippen molar-refractivity contribution in [3.8, 4) is 0 Å². The lowest BCUT2D eigenvalue weighted by molar-refractivity contribution is 0.0432. The van der Waals surface area contributed by atoms with E-state index in [4.69, 9.17) is 11.6 Å². The van der Waals surface area contributed by atoms with Crippen LogP contribution in [-0.4, -0.2) is 10.1 Å². The molecule has 0 saturated heterocycles. The van der Waals surface area contributed by atoms with E-state index in [-0.39, 0.29) is 0 Å². The van der Waals surface area contributed by atoms with Crippen molar-refractivity contribution >= 4 is 22.5 Å². The molecule has 1 heterocycles. The number of fused-ring (bicyclic) bond motifs is 1. The van der Waals surface area contributed by atoms with Gasteiger partial charge in [-0.05, 0) is 42.5 Å². The summed E-state index contributed by atoms with van der Waals surface area (Å²) in [5.74, 6) is 0.332. The molecule has 1 aromatic heterocycles. The first kappa shape index (κ1) is 13.8. The Labute approximate surface area is 124 Å². The van der Waals surface area contributed by atoms with Crippen LogP contribution in [0, 0.1) is 0 Å². The van der Waals surface area contributed by atoms with Crippen molar-refractivity contribution in [3.05, 3.63) is 40.5 Å². The van der Waals surface area contributed by atoms with Gasteiger partial charge in [-0.25, -0.2) is 0 Å². The van der Waals surface area contributed by atoms with Crippen molar-refractivity contribution in [2.45, 2.75) is 51.0 Å². The molecule has 0 amide bonds. The van der Waals surface area contributed by atoms with Crippen LogP contribution >= 0.6 is 11.6 Å². The Morgan fingerprint density at radius 3 is 2.60 bits per heavy atom. The van der Waals surface area contributed by atoms with Crippen LogP contribution < -0.4 is 0 Å². The molecule has 0 atom stereocenters. The highest BCUT2D eigenvalue weighted by Crippen LogP contribution is 2.43. The molecule has 1 aromatic carbocycles. The summed E-state index contributed by atoms with van der Waals surface area (Å²) in [6.07, 6.45) is 5.71. The monoisotopic (exact) mass is 289 g/mol. The summed E-state index contributed by atoms with van der Waals surface area (Å²) in [4.78, 5) is 4.54. The maximum absolute atomic E-state index is 10.9. The fourth-order valence-corrected chi connectivity index (χ4v) is 3.58. The van der Waals surface area contributed by atoms with Gasteiger partial charge in [0.1, 0.15) is 0 Å². The second-order valence-electron chi connectivity index (χ2n) is 6.14. The molecule has 1 saturated carbocycles. The zero-order valence-electron chi connectivity index (χ0n) is 12.0. The summed E-state index contributed by atoms with van der Waals surface area (Å²) in [5.41, 5.74) is 2.44. The number of aromatic nitrogens is 1. The quantitative estimate of drug-likeness (QED) is 0.863. The van der Waals surface area contributed by atoms with E-state index in [1.54, 1.807) is 0 Å². The van der Waals surface area contributed by atoms with Gasteiger partial charge in [0, 0.05) is 22.2 Å². The first-order valence-electron chi connectivity index (χ1n) is 7.32. The molecular formula is C17H20ClNO. The number of aliphatic hydroxyl groups is 1. The molecule has 3 heteroatoms. The Bertz CT molecular complexity index is 645. The number of pyridine rings is 1. The predicted octanol–water partition coefficient (Wildman–Crippen LogP) is 4.77. The lowest BCUT2D eigenvalue weighted by Crippen LogP contribution is -2.23.